The Kier molecular flexibility index (Phi) is 3.61. The van der Waals surface area contributed by atoms with E-state index in [0.29, 0.717) is 13.0 Å². The normalized spacial score (nSPS) is 29.1. The third-order valence-corrected chi connectivity index (χ3v) is 4.20. The number of hydrogen-bond acceptors (Lipinski definition) is 3. The topological polar surface area (TPSA) is 41.6 Å². The second kappa shape index (κ2) is 5.40. The molecule has 1 aromatic carbocycles. The molecule has 2 saturated heterocycles. The van der Waals surface area contributed by atoms with Crippen molar-refractivity contribution >= 4 is 6.09 Å². The number of carbonyl (C=O) groups is 1. The molecule has 1 N–H and O–H groups in total. The molecule has 1 aromatic rings. The van der Waals surface area contributed by atoms with Crippen LogP contribution in [0.5, 0.6) is 0 Å². The number of nitrogens with one attached hydrogen (secondary N) is 1. The van der Waals surface area contributed by atoms with Crippen LogP contribution < -0.4 is 5.32 Å². The maximum atomic E-state index is 13.7. The molecular formula is C15H19FN2O2. The molecule has 4 nitrogen and oxygen atoms in total. The van der Waals surface area contributed by atoms with Gasteiger partial charge in [0.15, 0.2) is 0 Å². The molecule has 2 aliphatic rings. The zero-order chi connectivity index (χ0) is 14.0. The lowest BCUT2D eigenvalue weighted by atomic mass is 9.95. The van der Waals surface area contributed by atoms with Crippen molar-refractivity contribution in [2.45, 2.75) is 31.2 Å². The minimum atomic E-state index is -0.945. The van der Waals surface area contributed by atoms with E-state index in [-0.39, 0.29) is 18.7 Å². The number of hydrogen-bond donors (Lipinski definition) is 1. The Balaban J connectivity index is 1.64. The molecule has 2 heterocycles. The average molecular weight is 278 g/mol. The Morgan fingerprint density at radius 3 is 2.95 bits per heavy atom. The van der Waals surface area contributed by atoms with E-state index in [0.717, 1.165) is 18.5 Å². The SMILES string of the molecule is O=C(OCc1ccccc1)N1CC(F)CC12CCNC2. The fourth-order valence-corrected chi connectivity index (χ4v) is 3.18. The predicted molar refractivity (Wildman–Crippen MR) is 73.1 cm³/mol. The summed E-state index contributed by atoms with van der Waals surface area (Å²) in [6, 6.07) is 9.53. The smallest absolute Gasteiger partial charge is 0.410 e. The summed E-state index contributed by atoms with van der Waals surface area (Å²) in [7, 11) is 0. The van der Waals surface area contributed by atoms with E-state index in [1.807, 2.05) is 30.3 Å². The highest BCUT2D eigenvalue weighted by atomic mass is 19.1. The van der Waals surface area contributed by atoms with Crippen LogP contribution in [0.1, 0.15) is 18.4 Å². The Labute approximate surface area is 117 Å². The molecule has 108 valence electrons. The van der Waals surface area contributed by atoms with Crippen LogP contribution in [0, 0.1) is 0 Å². The summed E-state index contributed by atoms with van der Waals surface area (Å²) in [5.74, 6) is 0. The summed E-state index contributed by atoms with van der Waals surface area (Å²) >= 11 is 0. The van der Waals surface area contributed by atoms with E-state index in [1.165, 1.54) is 0 Å². The molecule has 0 saturated carbocycles. The Morgan fingerprint density at radius 1 is 1.45 bits per heavy atom. The van der Waals surface area contributed by atoms with Crippen molar-refractivity contribution in [2.24, 2.45) is 0 Å². The van der Waals surface area contributed by atoms with Gasteiger partial charge in [0.25, 0.3) is 0 Å². The van der Waals surface area contributed by atoms with Crippen LogP contribution in [-0.2, 0) is 11.3 Å². The number of likely N-dealkylation sites (tertiary alicyclic amines) is 1. The zero-order valence-corrected chi connectivity index (χ0v) is 11.3. The summed E-state index contributed by atoms with van der Waals surface area (Å²) in [5, 5.41) is 3.22. The first-order valence-electron chi connectivity index (χ1n) is 7.03. The van der Waals surface area contributed by atoms with Gasteiger partial charge in [-0.1, -0.05) is 30.3 Å². The van der Waals surface area contributed by atoms with Gasteiger partial charge in [0.05, 0.1) is 12.1 Å². The van der Waals surface area contributed by atoms with Crippen molar-refractivity contribution in [1.29, 1.82) is 0 Å². The van der Waals surface area contributed by atoms with E-state index in [2.05, 4.69) is 5.32 Å². The van der Waals surface area contributed by atoms with Crippen LogP contribution in [0.25, 0.3) is 0 Å². The lowest BCUT2D eigenvalue weighted by Crippen LogP contribution is -2.48. The van der Waals surface area contributed by atoms with Crippen molar-refractivity contribution in [3.8, 4) is 0 Å². The van der Waals surface area contributed by atoms with E-state index in [4.69, 9.17) is 4.74 Å². The molecule has 3 rings (SSSR count). The second-order valence-corrected chi connectivity index (χ2v) is 5.60. The van der Waals surface area contributed by atoms with Crippen molar-refractivity contribution in [3.63, 3.8) is 0 Å². The summed E-state index contributed by atoms with van der Waals surface area (Å²) in [6.45, 7) is 1.87. The standard InChI is InChI=1S/C15H19FN2O2/c16-13-8-15(6-7-17-11-15)18(9-13)14(19)20-10-12-4-2-1-3-5-12/h1-5,13,17H,6-11H2. The maximum Gasteiger partial charge on any atom is 0.410 e. The predicted octanol–water partition coefficient (Wildman–Crippen LogP) is 2.10. The molecule has 1 spiro atoms. The lowest BCUT2D eigenvalue weighted by molar-refractivity contribution is 0.0698. The van der Waals surface area contributed by atoms with Gasteiger partial charge in [-0.15, -0.1) is 0 Å². The number of nitrogens with zero attached hydrogens (tertiary/aromatic N) is 1. The highest BCUT2D eigenvalue weighted by Crippen LogP contribution is 2.36. The van der Waals surface area contributed by atoms with E-state index < -0.39 is 12.3 Å². The molecule has 0 aliphatic carbocycles. The summed E-state index contributed by atoms with van der Waals surface area (Å²) in [6.07, 6.45) is -0.134. The number of rotatable bonds is 2. The molecule has 5 heteroatoms. The third kappa shape index (κ3) is 2.50. The van der Waals surface area contributed by atoms with Gasteiger partial charge in [0, 0.05) is 13.0 Å². The van der Waals surface area contributed by atoms with Crippen LogP contribution in [0.4, 0.5) is 9.18 Å². The average Bonchev–Trinajstić information content (AvgIpc) is 3.05. The van der Waals surface area contributed by atoms with E-state index >= 15 is 0 Å². The Bertz CT molecular complexity index is 474. The van der Waals surface area contributed by atoms with Gasteiger partial charge in [-0.05, 0) is 18.5 Å². The van der Waals surface area contributed by atoms with Crippen LogP contribution in [-0.4, -0.2) is 42.3 Å². The molecule has 2 aliphatic heterocycles. The van der Waals surface area contributed by atoms with Gasteiger partial charge in [0.1, 0.15) is 12.8 Å². The molecular weight excluding hydrogens is 259 g/mol. The number of benzene rings is 1. The van der Waals surface area contributed by atoms with Crippen molar-refractivity contribution in [1.82, 2.24) is 10.2 Å². The van der Waals surface area contributed by atoms with Crippen LogP contribution >= 0.6 is 0 Å². The molecule has 2 atom stereocenters. The summed E-state index contributed by atoms with van der Waals surface area (Å²) in [4.78, 5) is 13.8. The molecule has 0 radical (unpaired) electrons. The highest BCUT2D eigenvalue weighted by Gasteiger charge is 2.50. The van der Waals surface area contributed by atoms with Gasteiger partial charge in [-0.2, -0.15) is 0 Å². The van der Waals surface area contributed by atoms with Crippen molar-refractivity contribution in [3.05, 3.63) is 35.9 Å². The third-order valence-electron chi connectivity index (χ3n) is 4.20. The van der Waals surface area contributed by atoms with Gasteiger partial charge in [-0.3, -0.25) is 4.90 Å². The van der Waals surface area contributed by atoms with Gasteiger partial charge >= 0.3 is 6.09 Å². The van der Waals surface area contributed by atoms with Crippen molar-refractivity contribution in [2.75, 3.05) is 19.6 Å². The molecule has 0 bridgehead atoms. The summed E-state index contributed by atoms with van der Waals surface area (Å²) < 4.78 is 19.1. The van der Waals surface area contributed by atoms with Crippen LogP contribution in [0.2, 0.25) is 0 Å². The number of ether oxygens (including phenoxy) is 1. The monoisotopic (exact) mass is 278 g/mol. The van der Waals surface area contributed by atoms with Gasteiger partial charge < -0.3 is 10.1 Å². The number of amides is 1. The Morgan fingerprint density at radius 2 is 2.25 bits per heavy atom. The quantitative estimate of drug-likeness (QED) is 0.900. The molecule has 1 amide bonds. The van der Waals surface area contributed by atoms with Gasteiger partial charge in [0.2, 0.25) is 0 Å². The lowest BCUT2D eigenvalue weighted by Gasteiger charge is -2.33. The largest absolute Gasteiger partial charge is 0.445 e. The minimum Gasteiger partial charge on any atom is -0.445 e. The highest BCUT2D eigenvalue weighted by molar-refractivity contribution is 5.69. The molecule has 20 heavy (non-hydrogen) atoms. The second-order valence-electron chi connectivity index (χ2n) is 5.60. The van der Waals surface area contributed by atoms with Crippen LogP contribution in [0.3, 0.4) is 0 Å². The van der Waals surface area contributed by atoms with Crippen LogP contribution in [0.15, 0.2) is 30.3 Å². The fourth-order valence-electron chi connectivity index (χ4n) is 3.18. The Hall–Kier alpha value is -1.62. The number of halogens is 1. The number of alkyl halides is 1. The number of carbonyl (C=O) groups excluding carboxylic acids is 1. The first-order chi connectivity index (χ1) is 9.70. The van der Waals surface area contributed by atoms with E-state index in [1.54, 1.807) is 4.90 Å². The summed E-state index contributed by atoms with van der Waals surface area (Å²) in [5.41, 5.74) is 0.558. The first-order valence-corrected chi connectivity index (χ1v) is 7.03. The van der Waals surface area contributed by atoms with Gasteiger partial charge in [-0.25, -0.2) is 9.18 Å². The maximum absolute atomic E-state index is 13.7. The minimum absolute atomic E-state index is 0.148. The zero-order valence-electron chi connectivity index (χ0n) is 11.3. The first kappa shape index (κ1) is 13.4. The van der Waals surface area contributed by atoms with Crippen molar-refractivity contribution < 1.29 is 13.9 Å². The molecule has 0 aromatic heterocycles. The molecule has 2 unspecified atom stereocenters. The fraction of sp³-hybridized carbons (Fsp3) is 0.533. The molecule has 2 fully saturated rings. The van der Waals surface area contributed by atoms with E-state index in [9.17, 15) is 9.18 Å².